The first-order valence-electron chi connectivity index (χ1n) is 5.52. The van der Waals surface area contributed by atoms with Gasteiger partial charge in [-0.15, -0.1) is 12.3 Å². The molecule has 86 valence electrons. The van der Waals surface area contributed by atoms with Crippen LogP contribution in [0.4, 0.5) is 5.69 Å². The van der Waals surface area contributed by atoms with E-state index in [0.717, 1.165) is 25.1 Å². The monoisotopic (exact) mass is 219 g/mol. The van der Waals surface area contributed by atoms with Gasteiger partial charge in [0.05, 0.1) is 11.9 Å². The van der Waals surface area contributed by atoms with Crippen molar-refractivity contribution in [3.8, 4) is 12.3 Å². The van der Waals surface area contributed by atoms with E-state index in [1.54, 1.807) is 12.3 Å². The van der Waals surface area contributed by atoms with Crippen molar-refractivity contribution in [3.63, 3.8) is 0 Å². The van der Waals surface area contributed by atoms with Crippen molar-refractivity contribution in [1.82, 2.24) is 9.78 Å². The van der Waals surface area contributed by atoms with E-state index in [0.29, 0.717) is 13.0 Å². The van der Waals surface area contributed by atoms with E-state index in [9.17, 15) is 4.79 Å². The zero-order chi connectivity index (χ0) is 11.8. The maximum absolute atomic E-state index is 11.6. The second-order valence-corrected chi connectivity index (χ2v) is 3.54. The van der Waals surface area contributed by atoms with Crippen LogP contribution < -0.4 is 10.9 Å². The Hall–Kier alpha value is -1.76. The Morgan fingerprint density at radius 3 is 3.06 bits per heavy atom. The van der Waals surface area contributed by atoms with Crippen LogP contribution in [0.3, 0.4) is 0 Å². The van der Waals surface area contributed by atoms with E-state index >= 15 is 0 Å². The van der Waals surface area contributed by atoms with Gasteiger partial charge in [-0.2, -0.15) is 5.10 Å². The van der Waals surface area contributed by atoms with Gasteiger partial charge in [0.1, 0.15) is 0 Å². The lowest BCUT2D eigenvalue weighted by molar-refractivity contribution is 0.555. The van der Waals surface area contributed by atoms with Gasteiger partial charge in [0, 0.05) is 25.6 Å². The summed E-state index contributed by atoms with van der Waals surface area (Å²) in [4.78, 5) is 11.6. The van der Waals surface area contributed by atoms with Crippen LogP contribution in [0, 0.1) is 12.3 Å². The number of hydrogen-bond acceptors (Lipinski definition) is 3. The molecule has 1 aromatic heterocycles. The van der Waals surface area contributed by atoms with Gasteiger partial charge in [-0.25, -0.2) is 4.68 Å². The molecule has 0 bridgehead atoms. The predicted octanol–water partition coefficient (Wildman–Crippen LogP) is 1.48. The zero-order valence-corrected chi connectivity index (χ0v) is 9.57. The summed E-state index contributed by atoms with van der Waals surface area (Å²) < 4.78 is 1.44. The summed E-state index contributed by atoms with van der Waals surface area (Å²) in [7, 11) is 0. The number of aromatic nitrogens is 2. The van der Waals surface area contributed by atoms with Crippen LogP contribution in [-0.2, 0) is 6.54 Å². The van der Waals surface area contributed by atoms with Gasteiger partial charge < -0.3 is 5.32 Å². The van der Waals surface area contributed by atoms with Crippen LogP contribution in [-0.4, -0.2) is 16.3 Å². The first kappa shape index (κ1) is 12.3. The van der Waals surface area contributed by atoms with Crippen LogP contribution in [0.5, 0.6) is 0 Å². The van der Waals surface area contributed by atoms with E-state index in [2.05, 4.69) is 23.3 Å². The van der Waals surface area contributed by atoms with Crippen LogP contribution >= 0.6 is 0 Å². The van der Waals surface area contributed by atoms with E-state index in [1.807, 2.05) is 0 Å². The Morgan fingerprint density at radius 2 is 2.44 bits per heavy atom. The number of terminal acetylenes is 1. The lowest BCUT2D eigenvalue weighted by Gasteiger charge is -2.06. The Bertz CT molecular complexity index is 417. The van der Waals surface area contributed by atoms with Gasteiger partial charge in [-0.05, 0) is 12.8 Å². The van der Waals surface area contributed by atoms with Crippen molar-refractivity contribution in [1.29, 1.82) is 0 Å². The molecule has 1 aromatic rings. The van der Waals surface area contributed by atoms with Gasteiger partial charge >= 0.3 is 0 Å². The molecule has 4 heteroatoms. The first-order valence-corrected chi connectivity index (χ1v) is 5.52. The van der Waals surface area contributed by atoms with Gasteiger partial charge in [0.2, 0.25) is 0 Å². The molecule has 0 saturated heterocycles. The highest BCUT2D eigenvalue weighted by Crippen LogP contribution is 2.00. The predicted molar refractivity (Wildman–Crippen MR) is 65.3 cm³/mol. The molecule has 0 radical (unpaired) electrons. The summed E-state index contributed by atoms with van der Waals surface area (Å²) in [5, 5.41) is 7.20. The Balaban J connectivity index is 2.61. The molecule has 1 N–H and O–H groups in total. The fourth-order valence-corrected chi connectivity index (χ4v) is 1.30. The smallest absolute Gasteiger partial charge is 0.268 e. The summed E-state index contributed by atoms with van der Waals surface area (Å²) in [5.74, 6) is 2.54. The highest BCUT2D eigenvalue weighted by molar-refractivity contribution is 5.38. The number of nitrogens with one attached hydrogen (secondary N) is 1. The van der Waals surface area contributed by atoms with Crippen molar-refractivity contribution >= 4 is 5.69 Å². The first-order chi connectivity index (χ1) is 7.77. The average Bonchev–Trinajstić information content (AvgIpc) is 2.29. The molecule has 1 heterocycles. The number of anilines is 1. The topological polar surface area (TPSA) is 46.9 Å². The Kier molecular flexibility index (Phi) is 5.13. The summed E-state index contributed by atoms with van der Waals surface area (Å²) >= 11 is 0. The molecule has 0 aliphatic rings. The molecule has 0 atom stereocenters. The van der Waals surface area contributed by atoms with Crippen molar-refractivity contribution in [2.24, 2.45) is 0 Å². The van der Waals surface area contributed by atoms with Crippen LogP contribution in [0.1, 0.15) is 26.2 Å². The van der Waals surface area contributed by atoms with Crippen molar-refractivity contribution in [2.45, 2.75) is 32.7 Å². The summed E-state index contributed by atoms with van der Waals surface area (Å²) in [5.41, 5.74) is 0.693. The molecule has 0 unspecified atom stereocenters. The summed E-state index contributed by atoms with van der Waals surface area (Å²) in [6, 6.07) is 1.57. The SMILES string of the molecule is C#CCCCn1ncc(NCCC)cc1=O. The maximum atomic E-state index is 11.6. The lowest BCUT2D eigenvalue weighted by Crippen LogP contribution is -2.22. The van der Waals surface area contributed by atoms with Crippen molar-refractivity contribution in [3.05, 3.63) is 22.6 Å². The lowest BCUT2D eigenvalue weighted by atomic mass is 10.3. The molecule has 0 aliphatic heterocycles. The minimum absolute atomic E-state index is 0.0851. The standard InChI is InChI=1S/C12H17N3O/c1-3-5-6-8-15-12(16)9-11(10-14-15)13-7-4-2/h1,9-10,13H,4-8H2,2H3. The van der Waals surface area contributed by atoms with E-state index in [1.165, 1.54) is 4.68 Å². The molecular weight excluding hydrogens is 202 g/mol. The van der Waals surface area contributed by atoms with Gasteiger partial charge in [-0.3, -0.25) is 4.79 Å². The van der Waals surface area contributed by atoms with Crippen molar-refractivity contribution in [2.75, 3.05) is 11.9 Å². The second kappa shape index (κ2) is 6.67. The molecule has 4 nitrogen and oxygen atoms in total. The number of hydrogen-bond donors (Lipinski definition) is 1. The van der Waals surface area contributed by atoms with E-state index in [4.69, 9.17) is 6.42 Å². The largest absolute Gasteiger partial charge is 0.384 e. The fourth-order valence-electron chi connectivity index (χ4n) is 1.30. The quantitative estimate of drug-likeness (QED) is 0.582. The van der Waals surface area contributed by atoms with Crippen molar-refractivity contribution < 1.29 is 0 Å². The minimum atomic E-state index is -0.0851. The number of nitrogens with zero attached hydrogens (tertiary/aromatic N) is 2. The second-order valence-electron chi connectivity index (χ2n) is 3.54. The molecule has 0 aromatic carbocycles. The maximum Gasteiger partial charge on any atom is 0.268 e. The third-order valence-corrected chi connectivity index (χ3v) is 2.14. The van der Waals surface area contributed by atoms with Gasteiger partial charge in [-0.1, -0.05) is 6.92 Å². The highest BCUT2D eigenvalue weighted by Gasteiger charge is 1.98. The molecule has 0 saturated carbocycles. The third-order valence-electron chi connectivity index (χ3n) is 2.14. The fraction of sp³-hybridized carbons (Fsp3) is 0.500. The van der Waals surface area contributed by atoms with Crippen LogP contribution in [0.15, 0.2) is 17.1 Å². The van der Waals surface area contributed by atoms with E-state index < -0.39 is 0 Å². The van der Waals surface area contributed by atoms with Gasteiger partial charge in [0.15, 0.2) is 0 Å². The van der Waals surface area contributed by atoms with Crippen LogP contribution in [0.2, 0.25) is 0 Å². The number of unbranched alkanes of at least 4 members (excludes halogenated alkanes) is 1. The van der Waals surface area contributed by atoms with E-state index in [-0.39, 0.29) is 5.56 Å². The molecule has 1 rings (SSSR count). The molecule has 0 spiro atoms. The van der Waals surface area contributed by atoms with Gasteiger partial charge in [0.25, 0.3) is 5.56 Å². The molecule has 0 amide bonds. The Labute approximate surface area is 95.7 Å². The third kappa shape index (κ3) is 3.77. The highest BCUT2D eigenvalue weighted by atomic mass is 16.1. The summed E-state index contributed by atoms with van der Waals surface area (Å²) in [6.45, 7) is 3.50. The number of rotatable bonds is 6. The molecule has 16 heavy (non-hydrogen) atoms. The normalized spacial score (nSPS) is 9.75. The zero-order valence-electron chi connectivity index (χ0n) is 9.57. The molecular formula is C12H17N3O. The summed E-state index contributed by atoms with van der Waals surface area (Å²) in [6.07, 6.45) is 9.29. The Morgan fingerprint density at radius 1 is 1.62 bits per heavy atom. The molecule has 0 aliphatic carbocycles. The minimum Gasteiger partial charge on any atom is -0.384 e. The van der Waals surface area contributed by atoms with Crippen LogP contribution in [0.25, 0.3) is 0 Å². The average molecular weight is 219 g/mol. The number of aryl methyl sites for hydroxylation is 1. The molecule has 0 fully saturated rings.